The summed E-state index contributed by atoms with van der Waals surface area (Å²) < 4.78 is 0. The smallest absolute Gasteiger partial charge is 0.153 e. The maximum Gasteiger partial charge on any atom is 0.153 e. The molecular weight excluding hydrogens is 214 g/mol. The standard InChI is InChI=1S/C13H19N3O/c1-15(9-10-16-7-2-3-8-16)13-12(11-17)5-4-6-14-13/h4-6,11H,2-3,7-10H2,1H3. The van der Waals surface area contributed by atoms with E-state index in [2.05, 4.69) is 14.8 Å². The summed E-state index contributed by atoms with van der Waals surface area (Å²) in [6, 6.07) is 3.60. The molecule has 2 heterocycles. The van der Waals surface area contributed by atoms with Crippen molar-refractivity contribution in [2.45, 2.75) is 12.8 Å². The molecule has 0 radical (unpaired) electrons. The average Bonchev–Trinajstić information content (AvgIpc) is 2.89. The molecule has 0 saturated carbocycles. The van der Waals surface area contributed by atoms with Crippen LogP contribution in [0.25, 0.3) is 0 Å². The third-order valence-corrected chi connectivity index (χ3v) is 3.26. The minimum atomic E-state index is 0.663. The van der Waals surface area contributed by atoms with Gasteiger partial charge in [-0.1, -0.05) is 0 Å². The summed E-state index contributed by atoms with van der Waals surface area (Å²) in [5.41, 5.74) is 0.663. The Kier molecular flexibility index (Phi) is 4.09. The second-order valence-corrected chi connectivity index (χ2v) is 4.50. The number of aldehydes is 1. The molecule has 17 heavy (non-hydrogen) atoms. The van der Waals surface area contributed by atoms with Crippen LogP contribution in [0, 0.1) is 0 Å². The monoisotopic (exact) mass is 233 g/mol. The normalized spacial score (nSPS) is 16.1. The van der Waals surface area contributed by atoms with Gasteiger partial charge in [0.15, 0.2) is 6.29 Å². The molecule has 1 aromatic heterocycles. The van der Waals surface area contributed by atoms with Crippen molar-refractivity contribution in [2.24, 2.45) is 0 Å². The highest BCUT2D eigenvalue weighted by molar-refractivity contribution is 5.82. The molecule has 0 bridgehead atoms. The summed E-state index contributed by atoms with van der Waals surface area (Å²) in [5, 5.41) is 0. The van der Waals surface area contributed by atoms with Crippen LogP contribution in [0.1, 0.15) is 23.2 Å². The fraction of sp³-hybridized carbons (Fsp3) is 0.538. The van der Waals surface area contributed by atoms with Gasteiger partial charge in [0.2, 0.25) is 0 Å². The zero-order valence-corrected chi connectivity index (χ0v) is 10.3. The summed E-state index contributed by atoms with van der Waals surface area (Å²) in [6.07, 6.45) is 5.23. The molecule has 0 N–H and O–H groups in total. The van der Waals surface area contributed by atoms with Gasteiger partial charge in [0.05, 0.1) is 5.56 Å². The van der Waals surface area contributed by atoms with Crippen LogP contribution in [-0.2, 0) is 0 Å². The predicted molar refractivity (Wildman–Crippen MR) is 68.6 cm³/mol. The molecule has 0 unspecified atom stereocenters. The van der Waals surface area contributed by atoms with Crippen LogP contribution in [0.2, 0.25) is 0 Å². The predicted octanol–water partition coefficient (Wildman–Crippen LogP) is 1.43. The number of hydrogen-bond acceptors (Lipinski definition) is 4. The van der Waals surface area contributed by atoms with Crippen LogP contribution < -0.4 is 4.90 Å². The first kappa shape index (κ1) is 12.0. The third-order valence-electron chi connectivity index (χ3n) is 3.26. The Bertz CT molecular complexity index is 375. The summed E-state index contributed by atoms with van der Waals surface area (Å²) in [6.45, 7) is 4.37. The lowest BCUT2D eigenvalue weighted by atomic mass is 10.2. The first-order valence-corrected chi connectivity index (χ1v) is 6.15. The first-order chi connectivity index (χ1) is 8.31. The van der Waals surface area contributed by atoms with Gasteiger partial charge in [-0.15, -0.1) is 0 Å². The zero-order valence-electron chi connectivity index (χ0n) is 10.3. The van der Waals surface area contributed by atoms with E-state index in [0.717, 1.165) is 25.2 Å². The number of rotatable bonds is 5. The van der Waals surface area contributed by atoms with Crippen molar-refractivity contribution in [3.63, 3.8) is 0 Å². The van der Waals surface area contributed by atoms with Crippen molar-refractivity contribution in [3.05, 3.63) is 23.9 Å². The molecule has 1 aliphatic heterocycles. The number of likely N-dealkylation sites (tertiary alicyclic amines) is 1. The molecular formula is C13H19N3O. The lowest BCUT2D eigenvalue weighted by molar-refractivity contribution is 0.112. The molecule has 0 spiro atoms. The van der Waals surface area contributed by atoms with Gasteiger partial charge in [0.25, 0.3) is 0 Å². The minimum Gasteiger partial charge on any atom is -0.358 e. The minimum absolute atomic E-state index is 0.663. The highest BCUT2D eigenvalue weighted by atomic mass is 16.1. The Labute approximate surface area is 102 Å². The van der Waals surface area contributed by atoms with E-state index in [4.69, 9.17) is 0 Å². The van der Waals surface area contributed by atoms with E-state index in [1.54, 1.807) is 12.3 Å². The maximum absolute atomic E-state index is 10.9. The molecule has 1 aliphatic rings. The Morgan fingerprint density at radius 3 is 2.94 bits per heavy atom. The Balaban J connectivity index is 1.93. The van der Waals surface area contributed by atoms with Crippen molar-refractivity contribution in [1.82, 2.24) is 9.88 Å². The highest BCUT2D eigenvalue weighted by Crippen LogP contribution is 2.14. The molecule has 92 valence electrons. The SMILES string of the molecule is CN(CCN1CCCC1)c1ncccc1C=O. The second kappa shape index (κ2) is 5.77. The molecule has 0 aliphatic carbocycles. The number of anilines is 1. The number of pyridine rings is 1. The van der Waals surface area contributed by atoms with Gasteiger partial charge in [-0.3, -0.25) is 4.79 Å². The van der Waals surface area contributed by atoms with Gasteiger partial charge in [0.1, 0.15) is 5.82 Å². The third kappa shape index (κ3) is 3.03. The maximum atomic E-state index is 10.9. The van der Waals surface area contributed by atoms with Crippen molar-refractivity contribution in [3.8, 4) is 0 Å². The number of hydrogen-bond donors (Lipinski definition) is 0. The van der Waals surface area contributed by atoms with Crippen LogP contribution in [0.3, 0.4) is 0 Å². The molecule has 1 aromatic rings. The van der Waals surface area contributed by atoms with Crippen LogP contribution >= 0.6 is 0 Å². The highest BCUT2D eigenvalue weighted by Gasteiger charge is 2.13. The number of nitrogens with zero attached hydrogens (tertiary/aromatic N) is 3. The number of carbonyl (C=O) groups excluding carboxylic acids is 1. The average molecular weight is 233 g/mol. The number of likely N-dealkylation sites (N-methyl/N-ethyl adjacent to an activating group) is 1. The van der Waals surface area contributed by atoms with Crippen LogP contribution in [0.5, 0.6) is 0 Å². The summed E-state index contributed by atoms with van der Waals surface area (Å²) in [5.74, 6) is 0.779. The van der Waals surface area contributed by atoms with Crippen LogP contribution in [-0.4, -0.2) is 49.4 Å². The molecule has 2 rings (SSSR count). The fourth-order valence-electron chi connectivity index (χ4n) is 2.22. The molecule has 4 heteroatoms. The quantitative estimate of drug-likeness (QED) is 0.721. The summed E-state index contributed by atoms with van der Waals surface area (Å²) in [4.78, 5) is 19.7. The summed E-state index contributed by atoms with van der Waals surface area (Å²) >= 11 is 0. The zero-order chi connectivity index (χ0) is 12.1. The first-order valence-electron chi connectivity index (χ1n) is 6.15. The van der Waals surface area contributed by atoms with E-state index in [9.17, 15) is 4.79 Å². The van der Waals surface area contributed by atoms with E-state index in [1.165, 1.54) is 25.9 Å². The van der Waals surface area contributed by atoms with Crippen molar-refractivity contribution >= 4 is 12.1 Å². The van der Waals surface area contributed by atoms with E-state index in [1.807, 2.05) is 13.1 Å². The fourth-order valence-corrected chi connectivity index (χ4v) is 2.22. The number of carbonyl (C=O) groups is 1. The van der Waals surface area contributed by atoms with E-state index < -0.39 is 0 Å². The molecule has 0 amide bonds. The van der Waals surface area contributed by atoms with Crippen LogP contribution in [0.4, 0.5) is 5.82 Å². The van der Waals surface area contributed by atoms with E-state index in [0.29, 0.717) is 5.56 Å². The van der Waals surface area contributed by atoms with Gasteiger partial charge in [-0.05, 0) is 38.1 Å². The van der Waals surface area contributed by atoms with Crippen molar-refractivity contribution < 1.29 is 4.79 Å². The van der Waals surface area contributed by atoms with Gasteiger partial charge < -0.3 is 9.80 Å². The molecule has 4 nitrogen and oxygen atoms in total. The van der Waals surface area contributed by atoms with E-state index in [-0.39, 0.29) is 0 Å². The van der Waals surface area contributed by atoms with Crippen molar-refractivity contribution in [2.75, 3.05) is 38.1 Å². The van der Waals surface area contributed by atoms with Crippen molar-refractivity contribution in [1.29, 1.82) is 0 Å². The van der Waals surface area contributed by atoms with Gasteiger partial charge in [-0.2, -0.15) is 0 Å². The Morgan fingerprint density at radius 1 is 1.47 bits per heavy atom. The molecule has 1 saturated heterocycles. The Morgan fingerprint density at radius 2 is 2.24 bits per heavy atom. The Hall–Kier alpha value is -1.42. The topological polar surface area (TPSA) is 36.4 Å². The lowest BCUT2D eigenvalue weighted by Crippen LogP contribution is -2.32. The molecule has 1 fully saturated rings. The lowest BCUT2D eigenvalue weighted by Gasteiger charge is -2.23. The largest absolute Gasteiger partial charge is 0.358 e. The molecule has 0 aromatic carbocycles. The van der Waals surface area contributed by atoms with E-state index >= 15 is 0 Å². The summed E-state index contributed by atoms with van der Waals surface area (Å²) in [7, 11) is 1.99. The van der Waals surface area contributed by atoms with Gasteiger partial charge in [0, 0.05) is 26.3 Å². The van der Waals surface area contributed by atoms with Gasteiger partial charge in [-0.25, -0.2) is 4.98 Å². The number of aromatic nitrogens is 1. The van der Waals surface area contributed by atoms with Gasteiger partial charge >= 0.3 is 0 Å². The second-order valence-electron chi connectivity index (χ2n) is 4.50. The molecule has 0 atom stereocenters. The van der Waals surface area contributed by atoms with Crippen LogP contribution in [0.15, 0.2) is 18.3 Å².